The van der Waals surface area contributed by atoms with Crippen LogP contribution in [0, 0.1) is 6.92 Å². The van der Waals surface area contributed by atoms with E-state index < -0.39 is 5.91 Å². The molecule has 3 N–H and O–H groups in total. The van der Waals surface area contributed by atoms with E-state index in [1.54, 1.807) is 41.4 Å². The van der Waals surface area contributed by atoms with Crippen molar-refractivity contribution in [3.8, 4) is 17.3 Å². The number of nitrogens with zero attached hydrogens (tertiary/aromatic N) is 4. The highest BCUT2D eigenvalue weighted by Crippen LogP contribution is 2.23. The molecule has 0 fully saturated rings. The van der Waals surface area contributed by atoms with Gasteiger partial charge in [0.25, 0.3) is 0 Å². The molecule has 3 aromatic rings. The molecule has 0 unspecified atom stereocenters. The van der Waals surface area contributed by atoms with Crippen molar-refractivity contribution in [2.75, 3.05) is 5.32 Å². The topological polar surface area (TPSA) is 125 Å². The molecule has 0 aliphatic carbocycles. The zero-order valence-electron chi connectivity index (χ0n) is 14.6. The Balaban J connectivity index is 1.63. The van der Waals surface area contributed by atoms with Crippen molar-refractivity contribution in [2.24, 2.45) is 5.73 Å². The lowest BCUT2D eigenvalue weighted by Gasteiger charge is -2.08. The van der Waals surface area contributed by atoms with Crippen LogP contribution in [0.5, 0.6) is 11.5 Å². The molecule has 0 radical (unpaired) electrons. The molecule has 0 aromatic carbocycles. The molecule has 9 nitrogen and oxygen atoms in total. The molecule has 0 aliphatic rings. The van der Waals surface area contributed by atoms with Crippen LogP contribution in [-0.2, 0) is 9.59 Å². The molecule has 0 saturated carbocycles. The van der Waals surface area contributed by atoms with E-state index >= 15 is 0 Å². The Bertz CT molecular complexity index is 952. The van der Waals surface area contributed by atoms with Crippen LogP contribution in [0.15, 0.2) is 49.2 Å². The second kappa shape index (κ2) is 8.09. The van der Waals surface area contributed by atoms with Gasteiger partial charge in [0.2, 0.25) is 11.8 Å². The SMILES string of the molecule is Cc1cn(-c2cc(Oc3ccc(NC(=O)CCC(N)=O)nc3)ccn2)cn1. The number of primary amides is 1. The number of anilines is 1. The summed E-state index contributed by atoms with van der Waals surface area (Å²) >= 11 is 0. The van der Waals surface area contributed by atoms with Gasteiger partial charge in [-0.25, -0.2) is 15.0 Å². The number of amides is 2. The van der Waals surface area contributed by atoms with E-state index in [1.807, 2.05) is 13.1 Å². The molecule has 3 rings (SSSR count). The van der Waals surface area contributed by atoms with Gasteiger partial charge in [0.05, 0.1) is 11.9 Å². The Kier molecular flexibility index (Phi) is 5.41. The Morgan fingerprint density at radius 2 is 2.00 bits per heavy atom. The summed E-state index contributed by atoms with van der Waals surface area (Å²) in [7, 11) is 0. The highest BCUT2D eigenvalue weighted by atomic mass is 16.5. The number of carbonyl (C=O) groups excluding carboxylic acids is 2. The van der Waals surface area contributed by atoms with Gasteiger partial charge < -0.3 is 15.8 Å². The zero-order valence-corrected chi connectivity index (χ0v) is 14.6. The number of hydrogen-bond acceptors (Lipinski definition) is 6. The number of nitrogens with two attached hydrogens (primary N) is 1. The number of nitrogens with one attached hydrogen (secondary N) is 1. The maximum absolute atomic E-state index is 11.7. The first-order valence-corrected chi connectivity index (χ1v) is 8.19. The Hall–Kier alpha value is -3.75. The van der Waals surface area contributed by atoms with Crippen molar-refractivity contribution in [2.45, 2.75) is 19.8 Å². The minimum atomic E-state index is -0.524. The van der Waals surface area contributed by atoms with E-state index in [0.717, 1.165) is 5.69 Å². The highest BCUT2D eigenvalue weighted by molar-refractivity contribution is 5.92. The molecule has 3 aromatic heterocycles. The summed E-state index contributed by atoms with van der Waals surface area (Å²) in [6.45, 7) is 1.90. The maximum Gasteiger partial charge on any atom is 0.226 e. The van der Waals surface area contributed by atoms with Crippen LogP contribution in [0.1, 0.15) is 18.5 Å². The summed E-state index contributed by atoms with van der Waals surface area (Å²) < 4.78 is 7.57. The van der Waals surface area contributed by atoms with Crippen LogP contribution in [0.4, 0.5) is 5.82 Å². The van der Waals surface area contributed by atoms with Crippen LogP contribution in [-0.4, -0.2) is 31.3 Å². The Morgan fingerprint density at radius 3 is 2.67 bits per heavy atom. The molecule has 0 atom stereocenters. The third kappa shape index (κ3) is 5.11. The van der Waals surface area contributed by atoms with Crippen LogP contribution in [0.3, 0.4) is 0 Å². The van der Waals surface area contributed by atoms with Crippen molar-refractivity contribution in [1.29, 1.82) is 0 Å². The van der Waals surface area contributed by atoms with E-state index in [2.05, 4.69) is 20.3 Å². The number of pyridine rings is 2. The van der Waals surface area contributed by atoms with E-state index in [1.165, 1.54) is 6.20 Å². The smallest absolute Gasteiger partial charge is 0.226 e. The Labute approximate surface area is 155 Å². The van der Waals surface area contributed by atoms with Gasteiger partial charge in [-0.15, -0.1) is 0 Å². The minimum absolute atomic E-state index is 0.00611. The lowest BCUT2D eigenvalue weighted by atomic mass is 10.3. The monoisotopic (exact) mass is 366 g/mol. The highest BCUT2D eigenvalue weighted by Gasteiger charge is 2.07. The van der Waals surface area contributed by atoms with Gasteiger partial charge in [0, 0.05) is 31.3 Å². The van der Waals surface area contributed by atoms with E-state index in [9.17, 15) is 9.59 Å². The largest absolute Gasteiger partial charge is 0.456 e. The predicted octanol–water partition coefficient (Wildman–Crippen LogP) is 1.97. The lowest BCUT2D eigenvalue weighted by molar-refractivity contribution is -0.122. The lowest BCUT2D eigenvalue weighted by Crippen LogP contribution is -2.17. The molecule has 9 heteroatoms. The first kappa shape index (κ1) is 18.1. The van der Waals surface area contributed by atoms with E-state index in [-0.39, 0.29) is 18.7 Å². The third-order valence-corrected chi connectivity index (χ3v) is 3.53. The molecule has 0 bridgehead atoms. The van der Waals surface area contributed by atoms with Crippen molar-refractivity contribution >= 4 is 17.6 Å². The predicted molar refractivity (Wildman–Crippen MR) is 97.5 cm³/mol. The number of aromatic nitrogens is 4. The number of carbonyl (C=O) groups is 2. The van der Waals surface area contributed by atoms with Crippen LogP contribution in [0.25, 0.3) is 5.82 Å². The quantitative estimate of drug-likeness (QED) is 0.658. The fraction of sp³-hybridized carbons (Fsp3) is 0.167. The second-order valence-electron chi connectivity index (χ2n) is 5.77. The summed E-state index contributed by atoms with van der Waals surface area (Å²) in [5.74, 6) is 1.28. The first-order valence-electron chi connectivity index (χ1n) is 8.19. The van der Waals surface area contributed by atoms with Crippen molar-refractivity contribution in [3.05, 3.63) is 54.9 Å². The average Bonchev–Trinajstić information content (AvgIpc) is 3.08. The maximum atomic E-state index is 11.7. The van der Waals surface area contributed by atoms with Gasteiger partial charge in [0.1, 0.15) is 29.5 Å². The average molecular weight is 366 g/mol. The molecule has 0 saturated heterocycles. The molecule has 27 heavy (non-hydrogen) atoms. The normalized spacial score (nSPS) is 10.4. The molecule has 138 valence electrons. The van der Waals surface area contributed by atoms with Crippen molar-refractivity contribution in [3.63, 3.8) is 0 Å². The number of hydrogen-bond donors (Lipinski definition) is 2. The van der Waals surface area contributed by atoms with Crippen molar-refractivity contribution in [1.82, 2.24) is 19.5 Å². The van der Waals surface area contributed by atoms with E-state index in [0.29, 0.717) is 23.1 Å². The van der Waals surface area contributed by atoms with Gasteiger partial charge in [-0.3, -0.25) is 14.2 Å². The van der Waals surface area contributed by atoms with Crippen LogP contribution < -0.4 is 15.8 Å². The van der Waals surface area contributed by atoms with Gasteiger partial charge in [-0.2, -0.15) is 0 Å². The van der Waals surface area contributed by atoms with Gasteiger partial charge in [-0.1, -0.05) is 0 Å². The number of aryl methyl sites for hydroxylation is 1. The number of ether oxygens (including phenoxy) is 1. The second-order valence-corrected chi connectivity index (χ2v) is 5.77. The fourth-order valence-electron chi connectivity index (χ4n) is 2.24. The minimum Gasteiger partial charge on any atom is -0.456 e. The third-order valence-electron chi connectivity index (χ3n) is 3.53. The number of imidazole rings is 1. The van der Waals surface area contributed by atoms with Gasteiger partial charge in [0.15, 0.2) is 0 Å². The molecule has 2 amide bonds. The van der Waals surface area contributed by atoms with E-state index in [4.69, 9.17) is 10.5 Å². The molecule has 0 aliphatic heterocycles. The standard InChI is InChI=1S/C18H18N6O3/c1-12-10-24(11-22-12)17-8-13(6-7-20-17)27-14-2-4-16(21-9-14)23-18(26)5-3-15(19)25/h2,4,6-11H,3,5H2,1H3,(H2,19,25)(H,21,23,26). The van der Waals surface area contributed by atoms with Crippen molar-refractivity contribution < 1.29 is 14.3 Å². The van der Waals surface area contributed by atoms with Gasteiger partial charge in [-0.05, 0) is 25.1 Å². The summed E-state index contributed by atoms with van der Waals surface area (Å²) in [6, 6.07) is 6.80. The summed E-state index contributed by atoms with van der Waals surface area (Å²) in [5.41, 5.74) is 5.91. The van der Waals surface area contributed by atoms with Gasteiger partial charge >= 0.3 is 0 Å². The van der Waals surface area contributed by atoms with Crippen LogP contribution >= 0.6 is 0 Å². The molecular formula is C18H18N6O3. The van der Waals surface area contributed by atoms with Crippen LogP contribution in [0.2, 0.25) is 0 Å². The first-order chi connectivity index (χ1) is 13.0. The summed E-state index contributed by atoms with van der Waals surface area (Å²) in [6.07, 6.45) is 6.69. The zero-order chi connectivity index (χ0) is 19.2. The number of rotatable bonds is 7. The molecule has 0 spiro atoms. The molecule has 3 heterocycles. The fourth-order valence-corrected chi connectivity index (χ4v) is 2.24. The molecular weight excluding hydrogens is 348 g/mol. The Morgan fingerprint density at radius 1 is 1.15 bits per heavy atom. The summed E-state index contributed by atoms with van der Waals surface area (Å²) in [4.78, 5) is 34.9. The summed E-state index contributed by atoms with van der Waals surface area (Å²) in [5, 5.41) is 2.59.